The highest BCUT2D eigenvalue weighted by Crippen LogP contribution is 2.15. The standard InChI is InChI=1S/C18H30N2O8/c1-6-27-14(22)9-12(18(26)28-7-2)15(17(24)25)20-16(23)13(8-10(3)4)19-11(5)21/h10,12-13,15H,6-9H2,1-5H3,(H,19,21)(H,20,23)(H,24,25)/t12-,13-,15-/m0/s1. The van der Waals surface area contributed by atoms with Crippen LogP contribution in [0.1, 0.15) is 47.5 Å². The Kier molecular flexibility index (Phi) is 11.5. The van der Waals surface area contributed by atoms with Crippen molar-refractivity contribution in [2.75, 3.05) is 13.2 Å². The van der Waals surface area contributed by atoms with Gasteiger partial charge in [-0.15, -0.1) is 0 Å². The quantitative estimate of drug-likeness (QED) is 0.393. The molecule has 0 saturated carbocycles. The van der Waals surface area contributed by atoms with E-state index in [0.717, 1.165) is 0 Å². The zero-order valence-corrected chi connectivity index (χ0v) is 16.9. The molecule has 3 N–H and O–H groups in total. The SMILES string of the molecule is CCOC(=O)C[C@H](C(=O)OCC)[C@H](NC(=O)[C@H](CC(C)C)NC(C)=O)C(=O)O. The molecule has 160 valence electrons. The summed E-state index contributed by atoms with van der Waals surface area (Å²) in [6.07, 6.45) is -0.307. The second-order valence-electron chi connectivity index (χ2n) is 6.57. The van der Waals surface area contributed by atoms with Gasteiger partial charge in [0.25, 0.3) is 0 Å². The van der Waals surface area contributed by atoms with Crippen LogP contribution < -0.4 is 10.6 Å². The van der Waals surface area contributed by atoms with Crippen molar-refractivity contribution in [1.29, 1.82) is 0 Å². The molecule has 0 aromatic heterocycles. The van der Waals surface area contributed by atoms with Gasteiger partial charge < -0.3 is 25.2 Å². The third-order valence-electron chi connectivity index (χ3n) is 3.65. The molecular formula is C18H30N2O8. The van der Waals surface area contributed by atoms with Crippen LogP contribution in [0.15, 0.2) is 0 Å². The minimum atomic E-state index is -1.72. The number of hydrogen-bond acceptors (Lipinski definition) is 7. The van der Waals surface area contributed by atoms with Crippen LogP contribution in [0.2, 0.25) is 0 Å². The molecule has 0 aliphatic carbocycles. The fourth-order valence-corrected chi connectivity index (χ4v) is 2.52. The molecule has 0 aromatic carbocycles. The Hall–Kier alpha value is -2.65. The summed E-state index contributed by atoms with van der Waals surface area (Å²) >= 11 is 0. The predicted molar refractivity (Wildman–Crippen MR) is 98.0 cm³/mol. The van der Waals surface area contributed by atoms with E-state index >= 15 is 0 Å². The van der Waals surface area contributed by atoms with Gasteiger partial charge in [-0.1, -0.05) is 13.8 Å². The third kappa shape index (κ3) is 9.33. The lowest BCUT2D eigenvalue weighted by Crippen LogP contribution is -2.55. The lowest BCUT2D eigenvalue weighted by molar-refractivity contribution is -0.160. The van der Waals surface area contributed by atoms with E-state index < -0.39 is 54.1 Å². The maximum absolute atomic E-state index is 12.6. The molecule has 0 aliphatic rings. The van der Waals surface area contributed by atoms with Crippen molar-refractivity contribution in [2.24, 2.45) is 11.8 Å². The van der Waals surface area contributed by atoms with Gasteiger partial charge in [0.2, 0.25) is 11.8 Å². The van der Waals surface area contributed by atoms with E-state index in [1.54, 1.807) is 6.92 Å². The molecule has 0 spiro atoms. The molecular weight excluding hydrogens is 372 g/mol. The van der Waals surface area contributed by atoms with Crippen LogP contribution in [-0.2, 0) is 33.4 Å². The fourth-order valence-electron chi connectivity index (χ4n) is 2.52. The summed E-state index contributed by atoms with van der Waals surface area (Å²) in [6.45, 7) is 8.02. The fraction of sp³-hybridized carbons (Fsp3) is 0.722. The van der Waals surface area contributed by atoms with E-state index in [2.05, 4.69) is 10.6 Å². The second-order valence-corrected chi connectivity index (χ2v) is 6.57. The summed E-state index contributed by atoms with van der Waals surface area (Å²) < 4.78 is 9.63. The largest absolute Gasteiger partial charge is 0.480 e. The molecule has 0 aliphatic heterocycles. The molecule has 0 saturated heterocycles. The molecule has 0 heterocycles. The first kappa shape index (κ1) is 25.4. The van der Waals surface area contributed by atoms with Crippen LogP contribution in [0.3, 0.4) is 0 Å². The van der Waals surface area contributed by atoms with Crippen LogP contribution in [0, 0.1) is 11.8 Å². The summed E-state index contributed by atoms with van der Waals surface area (Å²) in [6, 6.07) is -2.70. The molecule has 3 atom stereocenters. The summed E-state index contributed by atoms with van der Waals surface area (Å²) in [5.74, 6) is -5.91. The van der Waals surface area contributed by atoms with E-state index in [1.165, 1.54) is 13.8 Å². The lowest BCUT2D eigenvalue weighted by Gasteiger charge is -2.26. The van der Waals surface area contributed by atoms with Gasteiger partial charge in [-0.05, 0) is 26.2 Å². The molecule has 0 radical (unpaired) electrons. The Morgan fingerprint density at radius 1 is 0.964 bits per heavy atom. The molecule has 0 unspecified atom stereocenters. The maximum Gasteiger partial charge on any atom is 0.327 e. The Bertz CT molecular complexity index is 576. The van der Waals surface area contributed by atoms with Gasteiger partial charge in [0.1, 0.15) is 12.1 Å². The highest BCUT2D eigenvalue weighted by Gasteiger charge is 2.39. The third-order valence-corrected chi connectivity index (χ3v) is 3.65. The minimum Gasteiger partial charge on any atom is -0.480 e. The van der Waals surface area contributed by atoms with Crippen molar-refractivity contribution in [2.45, 2.75) is 59.5 Å². The van der Waals surface area contributed by atoms with Gasteiger partial charge in [-0.3, -0.25) is 19.2 Å². The molecule has 10 heteroatoms. The van der Waals surface area contributed by atoms with Crippen LogP contribution in [0.25, 0.3) is 0 Å². The smallest absolute Gasteiger partial charge is 0.327 e. The van der Waals surface area contributed by atoms with Gasteiger partial charge in [-0.2, -0.15) is 0 Å². The van der Waals surface area contributed by atoms with Gasteiger partial charge >= 0.3 is 17.9 Å². The topological polar surface area (TPSA) is 148 Å². The summed E-state index contributed by atoms with van der Waals surface area (Å²) in [7, 11) is 0. The summed E-state index contributed by atoms with van der Waals surface area (Å²) in [5.41, 5.74) is 0. The van der Waals surface area contributed by atoms with Crippen molar-refractivity contribution in [1.82, 2.24) is 10.6 Å². The van der Waals surface area contributed by atoms with E-state index in [9.17, 15) is 29.1 Å². The molecule has 0 rings (SSSR count). The molecule has 2 amide bonds. The zero-order valence-electron chi connectivity index (χ0n) is 16.9. The number of nitrogens with one attached hydrogen (secondary N) is 2. The molecule has 10 nitrogen and oxygen atoms in total. The zero-order chi connectivity index (χ0) is 21.9. The average molecular weight is 402 g/mol. The normalized spacial score (nSPS) is 13.8. The van der Waals surface area contributed by atoms with E-state index in [1.807, 2.05) is 13.8 Å². The summed E-state index contributed by atoms with van der Waals surface area (Å²) in [4.78, 5) is 59.7. The highest BCUT2D eigenvalue weighted by atomic mass is 16.5. The van der Waals surface area contributed by atoms with E-state index in [0.29, 0.717) is 0 Å². The molecule has 0 fully saturated rings. The van der Waals surface area contributed by atoms with Crippen LogP contribution in [-0.4, -0.2) is 60.1 Å². The van der Waals surface area contributed by atoms with Crippen molar-refractivity contribution >= 4 is 29.7 Å². The number of esters is 2. The number of carbonyl (C=O) groups is 5. The Morgan fingerprint density at radius 3 is 1.96 bits per heavy atom. The number of amides is 2. The van der Waals surface area contributed by atoms with Crippen LogP contribution in [0.5, 0.6) is 0 Å². The van der Waals surface area contributed by atoms with E-state index in [-0.39, 0.29) is 25.6 Å². The van der Waals surface area contributed by atoms with Crippen molar-refractivity contribution < 1.29 is 38.6 Å². The highest BCUT2D eigenvalue weighted by molar-refractivity contribution is 5.93. The van der Waals surface area contributed by atoms with Gasteiger partial charge in [0.05, 0.1) is 25.6 Å². The average Bonchev–Trinajstić information content (AvgIpc) is 2.56. The molecule has 28 heavy (non-hydrogen) atoms. The number of aliphatic carboxylic acids is 1. The van der Waals surface area contributed by atoms with Crippen molar-refractivity contribution in [3.63, 3.8) is 0 Å². The van der Waals surface area contributed by atoms with Gasteiger partial charge in [0.15, 0.2) is 0 Å². The van der Waals surface area contributed by atoms with Crippen molar-refractivity contribution in [3.05, 3.63) is 0 Å². The number of ether oxygens (including phenoxy) is 2. The predicted octanol–water partition coefficient (Wildman–Crippen LogP) is 0.239. The number of hydrogen-bond donors (Lipinski definition) is 3. The monoisotopic (exact) mass is 402 g/mol. The minimum absolute atomic E-state index is 0.0275. The van der Waals surface area contributed by atoms with E-state index in [4.69, 9.17) is 9.47 Å². The first-order valence-electron chi connectivity index (χ1n) is 9.15. The van der Waals surface area contributed by atoms with Gasteiger partial charge in [-0.25, -0.2) is 4.79 Å². The number of carboxylic acid groups (broad SMARTS) is 1. The number of carbonyl (C=O) groups excluding carboxylic acids is 4. The first-order valence-corrected chi connectivity index (χ1v) is 9.15. The molecule has 0 bridgehead atoms. The number of carboxylic acids is 1. The first-order chi connectivity index (χ1) is 13.0. The Balaban J connectivity index is 5.59. The number of rotatable bonds is 12. The maximum atomic E-state index is 12.6. The van der Waals surface area contributed by atoms with Crippen molar-refractivity contribution in [3.8, 4) is 0 Å². The lowest BCUT2D eigenvalue weighted by atomic mass is 9.95. The molecule has 0 aromatic rings. The van der Waals surface area contributed by atoms with Gasteiger partial charge in [0, 0.05) is 6.92 Å². The summed E-state index contributed by atoms with van der Waals surface area (Å²) in [5, 5.41) is 14.2. The van der Waals surface area contributed by atoms with Crippen LogP contribution in [0.4, 0.5) is 0 Å². The second kappa shape index (κ2) is 12.7. The van der Waals surface area contributed by atoms with Crippen LogP contribution >= 0.6 is 0 Å². The Labute approximate surface area is 164 Å². The Morgan fingerprint density at radius 2 is 1.54 bits per heavy atom.